The quantitative estimate of drug-likeness (QED) is 0.679. The number of fused-ring (bicyclic) bond motifs is 1. The molecular weight excluding hydrogens is 152 g/mol. The Morgan fingerprint density at radius 3 is 3.17 bits per heavy atom. The molecule has 0 aliphatic heterocycles. The van der Waals surface area contributed by atoms with Crippen molar-refractivity contribution >= 4 is 11.2 Å². The van der Waals surface area contributed by atoms with Crippen LogP contribution in [-0.4, -0.2) is 9.97 Å². The fraction of sp³-hybridized carbons (Fsp3) is 0.333. The average molecular weight is 162 g/mol. The number of hydrogen-bond donors (Lipinski definition) is 0. The molecular formula is C9H10N2O. The summed E-state index contributed by atoms with van der Waals surface area (Å²) in [5.74, 6) is 0.784. The molecule has 12 heavy (non-hydrogen) atoms. The second-order valence-electron chi connectivity index (χ2n) is 2.69. The topological polar surface area (TPSA) is 38.9 Å². The highest BCUT2D eigenvalue weighted by molar-refractivity contribution is 5.67. The second-order valence-corrected chi connectivity index (χ2v) is 2.69. The van der Waals surface area contributed by atoms with Crippen LogP contribution in [0.3, 0.4) is 0 Å². The molecule has 2 heterocycles. The fourth-order valence-corrected chi connectivity index (χ4v) is 1.14. The molecule has 0 unspecified atom stereocenters. The summed E-state index contributed by atoms with van der Waals surface area (Å²) in [6, 6.07) is 3.77. The number of hydrogen-bond acceptors (Lipinski definition) is 3. The average Bonchev–Trinajstić information content (AvgIpc) is 2.47. The summed E-state index contributed by atoms with van der Waals surface area (Å²) < 4.78 is 5.39. The molecule has 2 aromatic heterocycles. The van der Waals surface area contributed by atoms with Crippen LogP contribution < -0.4 is 0 Å². The lowest BCUT2D eigenvalue weighted by atomic mass is 10.3. The first-order chi connectivity index (χ1) is 5.90. The zero-order valence-electron chi connectivity index (χ0n) is 6.95. The van der Waals surface area contributed by atoms with Gasteiger partial charge in [-0.15, -0.1) is 0 Å². The molecule has 0 N–H and O–H groups in total. The van der Waals surface area contributed by atoms with Crippen molar-refractivity contribution in [3.63, 3.8) is 0 Å². The molecule has 0 aliphatic carbocycles. The van der Waals surface area contributed by atoms with Crippen LogP contribution in [0, 0.1) is 0 Å². The van der Waals surface area contributed by atoms with E-state index in [0.717, 1.165) is 24.2 Å². The van der Waals surface area contributed by atoms with E-state index >= 15 is 0 Å². The molecule has 62 valence electrons. The Hall–Kier alpha value is -1.38. The molecule has 0 radical (unpaired) electrons. The van der Waals surface area contributed by atoms with Gasteiger partial charge in [-0.05, 0) is 18.6 Å². The Morgan fingerprint density at radius 2 is 2.42 bits per heavy atom. The third-order valence-electron chi connectivity index (χ3n) is 1.67. The van der Waals surface area contributed by atoms with Gasteiger partial charge in [-0.25, -0.2) is 9.97 Å². The Morgan fingerprint density at radius 1 is 1.50 bits per heavy atom. The van der Waals surface area contributed by atoms with Gasteiger partial charge in [0, 0.05) is 12.6 Å². The molecule has 0 saturated carbocycles. The first-order valence-electron chi connectivity index (χ1n) is 4.10. The van der Waals surface area contributed by atoms with E-state index in [9.17, 15) is 0 Å². The molecule has 0 fully saturated rings. The van der Waals surface area contributed by atoms with Crippen molar-refractivity contribution in [2.24, 2.45) is 0 Å². The molecule has 3 nitrogen and oxygen atoms in total. The minimum atomic E-state index is 0.640. The van der Waals surface area contributed by atoms with E-state index in [4.69, 9.17) is 4.42 Å². The number of oxazole rings is 1. The maximum Gasteiger partial charge on any atom is 0.246 e. The number of aryl methyl sites for hydroxylation is 1. The first kappa shape index (κ1) is 7.28. The van der Waals surface area contributed by atoms with E-state index in [1.165, 1.54) is 0 Å². The third kappa shape index (κ3) is 1.18. The number of rotatable bonds is 2. The van der Waals surface area contributed by atoms with E-state index in [2.05, 4.69) is 16.9 Å². The van der Waals surface area contributed by atoms with Crippen molar-refractivity contribution in [3.8, 4) is 0 Å². The molecule has 0 amide bonds. The van der Waals surface area contributed by atoms with Gasteiger partial charge in [0.25, 0.3) is 0 Å². The van der Waals surface area contributed by atoms with Gasteiger partial charge in [0.2, 0.25) is 5.71 Å². The molecule has 0 spiro atoms. The maximum absolute atomic E-state index is 5.39. The van der Waals surface area contributed by atoms with Crippen LogP contribution in [0.4, 0.5) is 0 Å². The summed E-state index contributed by atoms with van der Waals surface area (Å²) in [5.41, 5.74) is 1.49. The van der Waals surface area contributed by atoms with Crippen molar-refractivity contribution in [1.29, 1.82) is 0 Å². The lowest BCUT2D eigenvalue weighted by Crippen LogP contribution is -1.79. The van der Waals surface area contributed by atoms with Gasteiger partial charge < -0.3 is 4.42 Å². The highest BCUT2D eigenvalue weighted by Gasteiger charge is 2.03. The highest BCUT2D eigenvalue weighted by atomic mass is 16.4. The van der Waals surface area contributed by atoms with Gasteiger partial charge >= 0.3 is 0 Å². The summed E-state index contributed by atoms with van der Waals surface area (Å²) in [6.45, 7) is 2.10. The Bertz CT molecular complexity index is 348. The molecule has 0 aliphatic rings. The van der Waals surface area contributed by atoms with Crippen LogP contribution in [-0.2, 0) is 6.42 Å². The highest BCUT2D eigenvalue weighted by Crippen LogP contribution is 2.12. The molecule has 0 atom stereocenters. The lowest BCUT2D eigenvalue weighted by molar-refractivity contribution is 0.517. The monoisotopic (exact) mass is 162 g/mol. The van der Waals surface area contributed by atoms with Crippen molar-refractivity contribution in [2.75, 3.05) is 0 Å². The van der Waals surface area contributed by atoms with Crippen LogP contribution in [0.1, 0.15) is 19.2 Å². The molecule has 0 saturated heterocycles. The Balaban J connectivity index is 2.47. The normalized spacial score (nSPS) is 10.8. The summed E-state index contributed by atoms with van der Waals surface area (Å²) in [4.78, 5) is 8.33. The van der Waals surface area contributed by atoms with E-state index in [0.29, 0.717) is 5.71 Å². The number of nitrogens with zero attached hydrogens (tertiary/aromatic N) is 2. The van der Waals surface area contributed by atoms with E-state index in [1.54, 1.807) is 6.20 Å². The van der Waals surface area contributed by atoms with Crippen molar-refractivity contribution < 1.29 is 4.42 Å². The molecule has 0 aromatic carbocycles. The second kappa shape index (κ2) is 2.93. The minimum absolute atomic E-state index is 0.640. The van der Waals surface area contributed by atoms with Crippen molar-refractivity contribution in [3.05, 3.63) is 24.2 Å². The third-order valence-corrected chi connectivity index (χ3v) is 1.67. The Labute approximate surface area is 70.4 Å². The largest absolute Gasteiger partial charge is 0.422 e. The van der Waals surface area contributed by atoms with Crippen LogP contribution in [0.2, 0.25) is 0 Å². The zero-order chi connectivity index (χ0) is 8.39. The number of aromatic nitrogens is 2. The predicted molar refractivity (Wildman–Crippen MR) is 45.8 cm³/mol. The standard InChI is InChI=1S/C9H10N2O/c1-2-4-8-11-7-5-3-6-10-9(7)12-8/h3,5-6H,2,4H2,1H3. The first-order valence-corrected chi connectivity index (χ1v) is 4.10. The van der Waals surface area contributed by atoms with Gasteiger partial charge in [0.15, 0.2) is 5.89 Å². The molecule has 2 aromatic rings. The van der Waals surface area contributed by atoms with Gasteiger partial charge in [-0.1, -0.05) is 6.92 Å². The van der Waals surface area contributed by atoms with E-state index in [-0.39, 0.29) is 0 Å². The minimum Gasteiger partial charge on any atom is -0.422 e. The maximum atomic E-state index is 5.39. The molecule has 3 heteroatoms. The van der Waals surface area contributed by atoms with Gasteiger partial charge in [-0.2, -0.15) is 0 Å². The SMILES string of the molecule is CCCc1nc2cccnc2o1. The van der Waals surface area contributed by atoms with E-state index < -0.39 is 0 Å². The fourth-order valence-electron chi connectivity index (χ4n) is 1.14. The summed E-state index contributed by atoms with van der Waals surface area (Å²) in [6.07, 6.45) is 3.65. The van der Waals surface area contributed by atoms with Gasteiger partial charge in [0.05, 0.1) is 0 Å². The predicted octanol–water partition coefficient (Wildman–Crippen LogP) is 2.18. The van der Waals surface area contributed by atoms with Crippen LogP contribution >= 0.6 is 0 Å². The number of pyridine rings is 1. The summed E-state index contributed by atoms with van der Waals surface area (Å²) in [7, 11) is 0. The van der Waals surface area contributed by atoms with E-state index in [1.807, 2.05) is 12.1 Å². The van der Waals surface area contributed by atoms with Crippen molar-refractivity contribution in [1.82, 2.24) is 9.97 Å². The Kier molecular flexibility index (Phi) is 1.78. The van der Waals surface area contributed by atoms with Crippen LogP contribution in [0.5, 0.6) is 0 Å². The smallest absolute Gasteiger partial charge is 0.246 e. The van der Waals surface area contributed by atoms with Crippen LogP contribution in [0.25, 0.3) is 11.2 Å². The molecule has 0 bridgehead atoms. The summed E-state index contributed by atoms with van der Waals surface area (Å²) >= 11 is 0. The van der Waals surface area contributed by atoms with Gasteiger partial charge in [0.1, 0.15) is 5.52 Å². The molecule has 2 rings (SSSR count). The summed E-state index contributed by atoms with van der Waals surface area (Å²) in [5, 5.41) is 0. The van der Waals surface area contributed by atoms with Gasteiger partial charge in [-0.3, -0.25) is 0 Å². The zero-order valence-corrected chi connectivity index (χ0v) is 6.95. The van der Waals surface area contributed by atoms with Crippen LogP contribution in [0.15, 0.2) is 22.7 Å². The van der Waals surface area contributed by atoms with Crippen molar-refractivity contribution in [2.45, 2.75) is 19.8 Å². The lowest BCUT2D eigenvalue weighted by Gasteiger charge is -1.84.